The summed E-state index contributed by atoms with van der Waals surface area (Å²) in [6, 6.07) is 18.0. The molecule has 1 aromatic heterocycles. The number of thiocarbonyl (C=S) groups is 1. The molecule has 2 heterocycles. The van der Waals surface area contributed by atoms with Crippen molar-refractivity contribution in [3.8, 4) is 22.7 Å². The molecule has 2 aromatic carbocycles. The van der Waals surface area contributed by atoms with Gasteiger partial charge in [0.2, 0.25) is 0 Å². The van der Waals surface area contributed by atoms with Crippen molar-refractivity contribution in [1.82, 2.24) is 14.7 Å². The van der Waals surface area contributed by atoms with Gasteiger partial charge in [-0.2, -0.15) is 5.10 Å². The van der Waals surface area contributed by atoms with Crippen molar-refractivity contribution in [2.45, 2.75) is 52.9 Å². The van der Waals surface area contributed by atoms with Crippen LogP contribution in [0.5, 0.6) is 5.75 Å². The Bertz CT molecular complexity index is 1240. The van der Waals surface area contributed by atoms with E-state index in [-0.39, 0.29) is 5.91 Å². The van der Waals surface area contributed by atoms with Crippen LogP contribution in [0.4, 0.5) is 0 Å². The summed E-state index contributed by atoms with van der Waals surface area (Å²) in [6.07, 6.45) is 9.38. The van der Waals surface area contributed by atoms with E-state index in [0.29, 0.717) is 28.3 Å². The number of para-hydroxylation sites is 1. The SMILES string of the molecule is CCCCC(CC)CN1C(=O)/C(=C\c2cn(-c3ccccc3)nc2-c2ccc(OCCC)cc2)SC1=S. The Balaban J connectivity index is 1.65. The summed E-state index contributed by atoms with van der Waals surface area (Å²) in [4.78, 5) is 15.9. The van der Waals surface area contributed by atoms with E-state index in [1.165, 1.54) is 18.2 Å². The van der Waals surface area contributed by atoms with E-state index < -0.39 is 0 Å². The Kier molecular flexibility index (Phi) is 9.58. The van der Waals surface area contributed by atoms with E-state index >= 15 is 0 Å². The van der Waals surface area contributed by atoms with Gasteiger partial charge in [-0.1, -0.05) is 82.2 Å². The maximum absolute atomic E-state index is 13.4. The van der Waals surface area contributed by atoms with Crippen molar-refractivity contribution >= 4 is 40.3 Å². The lowest BCUT2D eigenvalue weighted by Gasteiger charge is -2.21. The standard InChI is InChI=1S/C30H35N3O2S2/c1-4-7-11-22(6-3)20-32-29(34)27(37-30(32)36)19-24-21-33(25-12-9-8-10-13-25)31-28(24)23-14-16-26(17-15-23)35-18-5-2/h8-10,12-17,19,21-22H,4-7,11,18,20H2,1-3H3/b27-19+. The second-order valence-corrected chi connectivity index (χ2v) is 11.0. The van der Waals surface area contributed by atoms with Gasteiger partial charge in [0, 0.05) is 23.9 Å². The fourth-order valence-corrected chi connectivity index (χ4v) is 5.60. The van der Waals surface area contributed by atoms with Crippen LogP contribution in [0.2, 0.25) is 0 Å². The van der Waals surface area contributed by atoms with E-state index in [9.17, 15) is 4.79 Å². The lowest BCUT2D eigenvalue weighted by molar-refractivity contribution is -0.122. The quantitative estimate of drug-likeness (QED) is 0.176. The molecule has 0 saturated carbocycles. The maximum atomic E-state index is 13.4. The first-order valence-corrected chi connectivity index (χ1v) is 14.4. The van der Waals surface area contributed by atoms with Gasteiger partial charge in [-0.15, -0.1) is 0 Å². The molecule has 5 nitrogen and oxygen atoms in total. The van der Waals surface area contributed by atoms with E-state index in [2.05, 4.69) is 20.8 Å². The van der Waals surface area contributed by atoms with Crippen molar-refractivity contribution in [1.29, 1.82) is 0 Å². The largest absolute Gasteiger partial charge is 0.494 e. The number of ether oxygens (including phenoxy) is 1. The number of rotatable bonds is 12. The van der Waals surface area contributed by atoms with E-state index in [1.807, 2.05) is 71.6 Å². The molecule has 194 valence electrons. The Hall–Kier alpha value is -2.90. The van der Waals surface area contributed by atoms with E-state index in [1.54, 1.807) is 4.90 Å². The summed E-state index contributed by atoms with van der Waals surface area (Å²) >= 11 is 7.02. The van der Waals surface area contributed by atoms with Gasteiger partial charge in [-0.3, -0.25) is 9.69 Å². The first-order valence-electron chi connectivity index (χ1n) is 13.2. The van der Waals surface area contributed by atoms with Crippen molar-refractivity contribution in [3.63, 3.8) is 0 Å². The Morgan fingerprint density at radius 2 is 1.81 bits per heavy atom. The van der Waals surface area contributed by atoms with Crippen molar-refractivity contribution < 1.29 is 9.53 Å². The Labute approximate surface area is 229 Å². The number of carbonyl (C=O) groups is 1. The maximum Gasteiger partial charge on any atom is 0.266 e. The summed E-state index contributed by atoms with van der Waals surface area (Å²) in [5.74, 6) is 1.29. The smallest absolute Gasteiger partial charge is 0.266 e. The van der Waals surface area contributed by atoms with Crippen LogP contribution in [0.3, 0.4) is 0 Å². The molecule has 0 radical (unpaired) electrons. The summed E-state index contributed by atoms with van der Waals surface area (Å²) in [5.41, 5.74) is 3.61. The lowest BCUT2D eigenvalue weighted by atomic mass is 9.99. The highest BCUT2D eigenvalue weighted by Gasteiger charge is 2.33. The molecule has 0 spiro atoms. The second-order valence-electron chi connectivity index (χ2n) is 9.29. The van der Waals surface area contributed by atoms with E-state index in [4.69, 9.17) is 22.1 Å². The Morgan fingerprint density at radius 3 is 2.49 bits per heavy atom. The molecule has 0 bridgehead atoms. The topological polar surface area (TPSA) is 47.4 Å². The van der Waals surface area contributed by atoms with Crippen LogP contribution < -0.4 is 4.74 Å². The minimum Gasteiger partial charge on any atom is -0.494 e. The summed E-state index contributed by atoms with van der Waals surface area (Å²) < 4.78 is 8.26. The van der Waals surface area contributed by atoms with Crippen molar-refractivity contribution in [2.24, 2.45) is 5.92 Å². The van der Waals surface area contributed by atoms with Crippen LogP contribution in [0.25, 0.3) is 23.0 Å². The zero-order valence-corrected chi connectivity index (χ0v) is 23.5. The summed E-state index contributed by atoms with van der Waals surface area (Å²) in [6.45, 7) is 7.86. The summed E-state index contributed by atoms with van der Waals surface area (Å²) in [5, 5.41) is 4.91. The number of thioether (sulfide) groups is 1. The van der Waals surface area contributed by atoms with Crippen LogP contribution in [-0.2, 0) is 4.79 Å². The van der Waals surface area contributed by atoms with Crippen LogP contribution in [0.15, 0.2) is 65.7 Å². The molecule has 4 rings (SSSR count). The van der Waals surface area contributed by atoms with Gasteiger partial charge in [0.1, 0.15) is 10.1 Å². The monoisotopic (exact) mass is 533 g/mol. The predicted molar refractivity (Wildman–Crippen MR) is 158 cm³/mol. The molecule has 0 N–H and O–H groups in total. The minimum atomic E-state index is -0.00771. The third-order valence-corrected chi connectivity index (χ3v) is 7.89. The molecule has 1 unspecified atom stereocenters. The first kappa shape index (κ1) is 27.1. The van der Waals surface area contributed by atoms with Crippen LogP contribution in [0.1, 0.15) is 58.4 Å². The Morgan fingerprint density at radius 1 is 1.05 bits per heavy atom. The number of aromatic nitrogens is 2. The molecule has 37 heavy (non-hydrogen) atoms. The van der Waals surface area contributed by atoms with Crippen LogP contribution in [-0.4, -0.2) is 38.1 Å². The highest BCUT2D eigenvalue weighted by molar-refractivity contribution is 8.26. The fraction of sp³-hybridized carbons (Fsp3) is 0.367. The average Bonchev–Trinajstić information content (AvgIpc) is 3.46. The molecule has 1 aliphatic rings. The number of nitrogens with zero attached hydrogens (tertiary/aromatic N) is 3. The zero-order valence-electron chi connectivity index (χ0n) is 21.9. The second kappa shape index (κ2) is 13.1. The van der Waals surface area contributed by atoms with Crippen molar-refractivity contribution in [3.05, 3.63) is 71.3 Å². The van der Waals surface area contributed by atoms with Gasteiger partial charge in [-0.25, -0.2) is 4.68 Å². The molecule has 1 amide bonds. The zero-order chi connectivity index (χ0) is 26.2. The normalized spacial score (nSPS) is 15.5. The average molecular weight is 534 g/mol. The van der Waals surface area contributed by atoms with E-state index in [0.717, 1.165) is 53.9 Å². The highest BCUT2D eigenvalue weighted by Crippen LogP contribution is 2.36. The number of unbranched alkanes of at least 4 members (excludes halogenated alkanes) is 1. The molecule has 1 atom stereocenters. The lowest BCUT2D eigenvalue weighted by Crippen LogP contribution is -2.33. The summed E-state index contributed by atoms with van der Waals surface area (Å²) in [7, 11) is 0. The molecule has 1 aliphatic heterocycles. The van der Waals surface area contributed by atoms with Gasteiger partial charge in [0.05, 0.1) is 22.9 Å². The number of carbonyl (C=O) groups excluding carboxylic acids is 1. The number of benzene rings is 2. The van der Waals surface area contributed by atoms with Gasteiger partial charge in [-0.05, 0) is 61.2 Å². The fourth-order valence-electron chi connectivity index (χ4n) is 4.33. The highest BCUT2D eigenvalue weighted by atomic mass is 32.2. The van der Waals surface area contributed by atoms with Gasteiger partial charge >= 0.3 is 0 Å². The first-order chi connectivity index (χ1) is 18.0. The molecular weight excluding hydrogens is 498 g/mol. The molecule has 1 saturated heterocycles. The molecular formula is C30H35N3O2S2. The molecule has 1 fully saturated rings. The van der Waals surface area contributed by atoms with Crippen LogP contribution in [0, 0.1) is 5.92 Å². The number of amides is 1. The third-order valence-electron chi connectivity index (χ3n) is 6.51. The van der Waals surface area contributed by atoms with Crippen molar-refractivity contribution in [2.75, 3.05) is 13.2 Å². The van der Waals surface area contributed by atoms with Crippen LogP contribution >= 0.6 is 24.0 Å². The number of hydrogen-bond donors (Lipinski definition) is 0. The third kappa shape index (κ3) is 6.70. The minimum absolute atomic E-state index is 0.00771. The predicted octanol–water partition coefficient (Wildman–Crippen LogP) is 7.75. The van der Waals surface area contributed by atoms with Gasteiger partial charge in [0.15, 0.2) is 0 Å². The molecule has 3 aromatic rings. The van der Waals surface area contributed by atoms with Gasteiger partial charge < -0.3 is 4.74 Å². The van der Waals surface area contributed by atoms with Gasteiger partial charge in [0.25, 0.3) is 5.91 Å². The number of hydrogen-bond acceptors (Lipinski definition) is 5. The molecule has 7 heteroatoms. The molecule has 0 aliphatic carbocycles.